The number of hydrogen-bond acceptors (Lipinski definition) is 2. The topological polar surface area (TPSA) is 57.6 Å². The van der Waals surface area contributed by atoms with Crippen LogP contribution in [0.3, 0.4) is 0 Å². The maximum Gasteiger partial charge on any atom is 0.308 e. The minimum absolute atomic E-state index is 0.153. The van der Waals surface area contributed by atoms with E-state index in [9.17, 15) is 14.7 Å². The molecule has 1 saturated carbocycles. The maximum atomic E-state index is 12.4. The quantitative estimate of drug-likeness (QED) is 0.861. The van der Waals surface area contributed by atoms with Crippen LogP contribution in [0.2, 0.25) is 0 Å². The molecule has 1 aliphatic heterocycles. The van der Waals surface area contributed by atoms with Crippen molar-refractivity contribution in [1.29, 1.82) is 0 Å². The lowest BCUT2D eigenvalue weighted by atomic mass is 9.85. The van der Waals surface area contributed by atoms with Crippen molar-refractivity contribution in [1.82, 2.24) is 4.90 Å². The number of carbonyl (C=O) groups excluding carboxylic acids is 1. The van der Waals surface area contributed by atoms with Gasteiger partial charge in [0, 0.05) is 19.0 Å². The Hall–Kier alpha value is -1.06. The molecule has 0 spiro atoms. The van der Waals surface area contributed by atoms with E-state index in [1.165, 1.54) is 32.1 Å². The van der Waals surface area contributed by atoms with Crippen LogP contribution in [0, 0.1) is 11.8 Å². The summed E-state index contributed by atoms with van der Waals surface area (Å²) >= 11 is 0. The van der Waals surface area contributed by atoms with Gasteiger partial charge in [0.15, 0.2) is 0 Å². The Labute approximate surface area is 121 Å². The Morgan fingerprint density at radius 1 is 1.10 bits per heavy atom. The molecule has 4 nitrogen and oxygen atoms in total. The van der Waals surface area contributed by atoms with Crippen LogP contribution in [0.25, 0.3) is 0 Å². The lowest BCUT2D eigenvalue weighted by molar-refractivity contribution is -0.149. The average molecular weight is 281 g/mol. The first-order valence-corrected chi connectivity index (χ1v) is 8.12. The van der Waals surface area contributed by atoms with Crippen LogP contribution in [0.15, 0.2) is 0 Å². The molecular formula is C16H27NO3. The van der Waals surface area contributed by atoms with Crippen molar-refractivity contribution in [3.63, 3.8) is 0 Å². The van der Waals surface area contributed by atoms with Gasteiger partial charge in [-0.3, -0.25) is 9.59 Å². The summed E-state index contributed by atoms with van der Waals surface area (Å²) in [4.78, 5) is 25.4. The predicted octanol–water partition coefficient (Wildman–Crippen LogP) is 3.06. The van der Waals surface area contributed by atoms with Crippen molar-refractivity contribution in [3.8, 4) is 0 Å². The van der Waals surface area contributed by atoms with E-state index in [4.69, 9.17) is 0 Å². The van der Waals surface area contributed by atoms with Gasteiger partial charge in [0.2, 0.25) is 5.91 Å². The van der Waals surface area contributed by atoms with Gasteiger partial charge in [0.1, 0.15) is 0 Å². The SMILES string of the molecule is C[C@@H]1[C@H](C(=O)O)CCCN1C(=O)CCC1CCCCC1. The molecule has 2 rings (SSSR count). The number of piperidine rings is 1. The van der Waals surface area contributed by atoms with E-state index in [0.717, 1.165) is 19.4 Å². The molecule has 2 fully saturated rings. The van der Waals surface area contributed by atoms with Crippen LogP contribution < -0.4 is 0 Å². The maximum absolute atomic E-state index is 12.4. The lowest BCUT2D eigenvalue weighted by Crippen LogP contribution is -2.49. The molecular weight excluding hydrogens is 254 g/mol. The molecule has 0 radical (unpaired) electrons. The fraction of sp³-hybridized carbons (Fsp3) is 0.875. The van der Waals surface area contributed by atoms with E-state index in [-0.39, 0.29) is 17.9 Å². The van der Waals surface area contributed by atoms with Gasteiger partial charge in [-0.05, 0) is 32.1 Å². The number of aliphatic carboxylic acids is 1. The molecule has 1 saturated heterocycles. The fourth-order valence-corrected chi connectivity index (χ4v) is 3.77. The van der Waals surface area contributed by atoms with Crippen molar-refractivity contribution in [2.24, 2.45) is 11.8 Å². The molecule has 1 heterocycles. The lowest BCUT2D eigenvalue weighted by Gasteiger charge is -2.38. The molecule has 0 aromatic rings. The highest BCUT2D eigenvalue weighted by molar-refractivity contribution is 5.78. The van der Waals surface area contributed by atoms with Gasteiger partial charge < -0.3 is 10.0 Å². The molecule has 1 amide bonds. The normalized spacial score (nSPS) is 28.4. The summed E-state index contributed by atoms with van der Waals surface area (Å²) in [7, 11) is 0. The third kappa shape index (κ3) is 3.74. The van der Waals surface area contributed by atoms with Crippen LogP contribution in [0.4, 0.5) is 0 Å². The van der Waals surface area contributed by atoms with Gasteiger partial charge in [-0.2, -0.15) is 0 Å². The second-order valence-corrected chi connectivity index (χ2v) is 6.46. The molecule has 1 N–H and O–H groups in total. The van der Waals surface area contributed by atoms with Gasteiger partial charge in [0.05, 0.1) is 5.92 Å². The molecule has 0 unspecified atom stereocenters. The third-order valence-electron chi connectivity index (χ3n) is 5.12. The average Bonchev–Trinajstić information content (AvgIpc) is 2.46. The van der Waals surface area contributed by atoms with Crippen molar-refractivity contribution < 1.29 is 14.7 Å². The van der Waals surface area contributed by atoms with E-state index in [1.807, 2.05) is 11.8 Å². The van der Waals surface area contributed by atoms with Gasteiger partial charge in [-0.25, -0.2) is 0 Å². The Kier molecular flexibility index (Phi) is 5.44. The second-order valence-electron chi connectivity index (χ2n) is 6.46. The third-order valence-corrected chi connectivity index (χ3v) is 5.12. The number of amides is 1. The summed E-state index contributed by atoms with van der Waals surface area (Å²) in [5, 5.41) is 9.20. The summed E-state index contributed by atoms with van der Waals surface area (Å²) in [5.41, 5.74) is 0. The van der Waals surface area contributed by atoms with E-state index in [2.05, 4.69) is 0 Å². The highest BCUT2D eigenvalue weighted by Gasteiger charge is 2.35. The predicted molar refractivity (Wildman–Crippen MR) is 77.3 cm³/mol. The van der Waals surface area contributed by atoms with Crippen molar-refractivity contribution in [3.05, 3.63) is 0 Å². The summed E-state index contributed by atoms with van der Waals surface area (Å²) in [6.45, 7) is 2.62. The Morgan fingerprint density at radius 3 is 2.45 bits per heavy atom. The van der Waals surface area contributed by atoms with E-state index in [1.54, 1.807) is 0 Å². The van der Waals surface area contributed by atoms with Gasteiger partial charge in [-0.1, -0.05) is 32.1 Å². The largest absolute Gasteiger partial charge is 0.481 e. The van der Waals surface area contributed by atoms with Gasteiger partial charge in [0.25, 0.3) is 0 Å². The van der Waals surface area contributed by atoms with Crippen LogP contribution in [-0.4, -0.2) is 34.5 Å². The summed E-state index contributed by atoms with van der Waals surface area (Å²) in [6.07, 6.45) is 9.58. The van der Waals surface area contributed by atoms with Crippen LogP contribution in [-0.2, 0) is 9.59 Å². The van der Waals surface area contributed by atoms with Crippen LogP contribution >= 0.6 is 0 Å². The highest BCUT2D eigenvalue weighted by atomic mass is 16.4. The van der Waals surface area contributed by atoms with Crippen molar-refractivity contribution in [2.75, 3.05) is 6.54 Å². The monoisotopic (exact) mass is 281 g/mol. The van der Waals surface area contributed by atoms with Crippen molar-refractivity contribution >= 4 is 11.9 Å². The molecule has 20 heavy (non-hydrogen) atoms. The first-order valence-electron chi connectivity index (χ1n) is 8.12. The smallest absolute Gasteiger partial charge is 0.308 e. The molecule has 2 aliphatic rings. The highest BCUT2D eigenvalue weighted by Crippen LogP contribution is 2.29. The van der Waals surface area contributed by atoms with Crippen LogP contribution in [0.5, 0.6) is 0 Å². The minimum atomic E-state index is -0.762. The second kappa shape index (κ2) is 7.09. The van der Waals surface area contributed by atoms with Gasteiger partial charge >= 0.3 is 5.97 Å². The molecule has 114 valence electrons. The van der Waals surface area contributed by atoms with E-state index < -0.39 is 5.97 Å². The number of carboxylic acid groups (broad SMARTS) is 1. The standard InChI is InChI=1S/C16H27NO3/c1-12-14(16(19)20)8-5-11-17(12)15(18)10-9-13-6-3-2-4-7-13/h12-14H,2-11H2,1H3,(H,19,20)/t12-,14-/m1/s1. The molecule has 2 atom stereocenters. The fourth-order valence-electron chi connectivity index (χ4n) is 3.77. The van der Waals surface area contributed by atoms with Crippen molar-refractivity contribution in [2.45, 2.75) is 70.8 Å². The van der Waals surface area contributed by atoms with Gasteiger partial charge in [-0.15, -0.1) is 0 Å². The number of nitrogens with zero attached hydrogens (tertiary/aromatic N) is 1. The zero-order chi connectivity index (χ0) is 14.5. The first kappa shape index (κ1) is 15.3. The Bertz CT molecular complexity index is 350. The summed E-state index contributed by atoms with van der Waals surface area (Å²) < 4.78 is 0. The Balaban J connectivity index is 1.83. The zero-order valence-corrected chi connectivity index (χ0v) is 12.5. The zero-order valence-electron chi connectivity index (χ0n) is 12.5. The first-order chi connectivity index (χ1) is 9.59. The number of likely N-dealkylation sites (tertiary alicyclic amines) is 1. The molecule has 0 aromatic heterocycles. The molecule has 0 bridgehead atoms. The molecule has 4 heteroatoms. The van der Waals surface area contributed by atoms with E-state index in [0.29, 0.717) is 18.8 Å². The Morgan fingerprint density at radius 2 is 1.80 bits per heavy atom. The molecule has 0 aromatic carbocycles. The number of hydrogen-bond donors (Lipinski definition) is 1. The van der Waals surface area contributed by atoms with Crippen LogP contribution in [0.1, 0.15) is 64.7 Å². The molecule has 1 aliphatic carbocycles. The summed E-state index contributed by atoms with van der Waals surface area (Å²) in [5.74, 6) is -0.276. The number of rotatable bonds is 4. The minimum Gasteiger partial charge on any atom is -0.481 e. The number of carboxylic acids is 1. The van der Waals surface area contributed by atoms with E-state index >= 15 is 0 Å². The summed E-state index contributed by atoms with van der Waals surface area (Å²) in [6, 6.07) is -0.153. The number of carbonyl (C=O) groups is 2.